The van der Waals surface area contributed by atoms with Crippen LogP contribution in [0.5, 0.6) is 11.8 Å². The van der Waals surface area contributed by atoms with Crippen molar-refractivity contribution in [3.63, 3.8) is 0 Å². The third kappa shape index (κ3) is 5.43. The quantitative estimate of drug-likeness (QED) is 0.393. The fraction of sp³-hybridized carbons (Fsp3) is 0.500. The summed E-state index contributed by atoms with van der Waals surface area (Å²) in [6.45, 7) is 6.97. The predicted octanol–water partition coefficient (Wildman–Crippen LogP) is 4.72. The summed E-state index contributed by atoms with van der Waals surface area (Å²) in [5, 5.41) is 0. The number of hydrogen-bond acceptors (Lipinski definition) is 6. The Kier molecular flexibility index (Phi) is 7.94. The Morgan fingerprint density at radius 2 is 1.67 bits per heavy atom. The minimum atomic E-state index is -0.135. The third-order valence-electron chi connectivity index (χ3n) is 5.28. The van der Waals surface area contributed by atoms with Crippen molar-refractivity contribution in [1.29, 1.82) is 0 Å². The summed E-state index contributed by atoms with van der Waals surface area (Å²) in [6, 6.07) is 12.2. The minimum Gasteiger partial charge on any atom is -0.478 e. The van der Waals surface area contributed by atoms with Crippen molar-refractivity contribution in [2.24, 2.45) is 5.92 Å². The van der Waals surface area contributed by atoms with E-state index in [0.29, 0.717) is 38.1 Å². The molecule has 1 fully saturated rings. The van der Waals surface area contributed by atoms with Crippen molar-refractivity contribution in [1.82, 2.24) is 4.98 Å². The molecule has 162 valence electrons. The molecule has 0 bridgehead atoms. The predicted molar refractivity (Wildman–Crippen MR) is 118 cm³/mol. The van der Waals surface area contributed by atoms with Gasteiger partial charge < -0.3 is 19.1 Å². The van der Waals surface area contributed by atoms with Crippen LogP contribution < -0.4 is 14.4 Å². The number of nitrogens with zero attached hydrogens (tertiary/aromatic N) is 2. The molecule has 1 aromatic heterocycles. The number of hydrogen-bond donors (Lipinski definition) is 0. The molecule has 1 aliphatic heterocycles. The first-order valence-corrected chi connectivity index (χ1v) is 10.9. The maximum absolute atomic E-state index is 11.6. The number of unbranched alkanes of at least 4 members (excludes halogenated alkanes) is 2. The highest BCUT2D eigenvalue weighted by Gasteiger charge is 2.33. The third-order valence-corrected chi connectivity index (χ3v) is 5.28. The van der Waals surface area contributed by atoms with Crippen molar-refractivity contribution in [2.45, 2.75) is 39.5 Å². The van der Waals surface area contributed by atoms with E-state index in [1.807, 2.05) is 12.1 Å². The van der Waals surface area contributed by atoms with Crippen molar-refractivity contribution < 1.29 is 19.0 Å². The summed E-state index contributed by atoms with van der Waals surface area (Å²) in [4.78, 5) is 18.4. The van der Waals surface area contributed by atoms with Crippen LogP contribution in [0.4, 0.5) is 5.69 Å². The molecular weight excluding hydrogens is 380 g/mol. The van der Waals surface area contributed by atoms with Crippen molar-refractivity contribution in [2.75, 3.05) is 38.3 Å². The average molecular weight is 413 g/mol. The molecule has 0 radical (unpaired) electrons. The van der Waals surface area contributed by atoms with Gasteiger partial charge in [-0.05, 0) is 36.6 Å². The van der Waals surface area contributed by atoms with Gasteiger partial charge in [0.1, 0.15) is 0 Å². The molecule has 1 saturated heterocycles. The Bertz CT molecular complexity index is 816. The van der Waals surface area contributed by atoms with Gasteiger partial charge in [-0.25, -0.2) is 0 Å². The summed E-state index contributed by atoms with van der Waals surface area (Å²) >= 11 is 0. The normalized spacial score (nSPS) is 13.6. The Hall–Kier alpha value is -2.76. The minimum absolute atomic E-state index is 0.0299. The number of aromatic nitrogens is 1. The first-order chi connectivity index (χ1) is 14.7. The number of anilines is 1. The topological polar surface area (TPSA) is 60.9 Å². The first-order valence-electron chi connectivity index (χ1n) is 10.9. The fourth-order valence-electron chi connectivity index (χ4n) is 3.32. The van der Waals surface area contributed by atoms with Crippen LogP contribution in [0.25, 0.3) is 11.1 Å². The second kappa shape index (κ2) is 10.9. The Balaban J connectivity index is 1.72. The van der Waals surface area contributed by atoms with Crippen LogP contribution in [0.3, 0.4) is 0 Å². The van der Waals surface area contributed by atoms with E-state index in [2.05, 4.69) is 48.0 Å². The van der Waals surface area contributed by atoms with E-state index in [4.69, 9.17) is 14.2 Å². The SMILES string of the molecule is CCCCOc1ccc(-c2ccc(N3CC(C(=O)OC)C3)cc2)c(OCCCC)n1. The highest BCUT2D eigenvalue weighted by molar-refractivity contribution is 5.77. The van der Waals surface area contributed by atoms with Crippen LogP contribution in [0.1, 0.15) is 39.5 Å². The zero-order valence-corrected chi connectivity index (χ0v) is 18.2. The lowest BCUT2D eigenvalue weighted by atomic mass is 9.98. The summed E-state index contributed by atoms with van der Waals surface area (Å²) in [5.74, 6) is 1.05. The van der Waals surface area contributed by atoms with E-state index < -0.39 is 0 Å². The van der Waals surface area contributed by atoms with Gasteiger partial charge in [0.15, 0.2) is 0 Å². The van der Waals surface area contributed by atoms with Crippen molar-refractivity contribution >= 4 is 11.7 Å². The molecule has 30 heavy (non-hydrogen) atoms. The highest BCUT2D eigenvalue weighted by atomic mass is 16.5. The van der Waals surface area contributed by atoms with Gasteiger partial charge in [0.2, 0.25) is 11.8 Å². The van der Waals surface area contributed by atoms with Crippen LogP contribution in [0.15, 0.2) is 36.4 Å². The van der Waals surface area contributed by atoms with Crippen LogP contribution in [-0.2, 0) is 9.53 Å². The van der Waals surface area contributed by atoms with Gasteiger partial charge in [-0.15, -0.1) is 0 Å². The second-order valence-corrected chi connectivity index (χ2v) is 7.58. The average Bonchev–Trinajstić information content (AvgIpc) is 2.74. The van der Waals surface area contributed by atoms with Crippen LogP contribution in [0.2, 0.25) is 0 Å². The molecule has 0 amide bonds. The van der Waals surface area contributed by atoms with Gasteiger partial charge in [-0.3, -0.25) is 4.79 Å². The van der Waals surface area contributed by atoms with Crippen molar-refractivity contribution in [3.05, 3.63) is 36.4 Å². The molecule has 0 unspecified atom stereocenters. The second-order valence-electron chi connectivity index (χ2n) is 7.58. The lowest BCUT2D eigenvalue weighted by Crippen LogP contribution is -2.50. The van der Waals surface area contributed by atoms with Crippen LogP contribution in [-0.4, -0.2) is 44.4 Å². The van der Waals surface area contributed by atoms with E-state index >= 15 is 0 Å². The van der Waals surface area contributed by atoms with Gasteiger partial charge >= 0.3 is 5.97 Å². The van der Waals surface area contributed by atoms with Gasteiger partial charge in [-0.2, -0.15) is 4.98 Å². The smallest absolute Gasteiger partial charge is 0.312 e. The van der Waals surface area contributed by atoms with Gasteiger partial charge in [0, 0.05) is 30.4 Å². The maximum atomic E-state index is 11.6. The van der Waals surface area contributed by atoms with E-state index in [1.165, 1.54) is 7.11 Å². The molecule has 6 nitrogen and oxygen atoms in total. The molecule has 0 spiro atoms. The molecular formula is C24H32N2O4. The highest BCUT2D eigenvalue weighted by Crippen LogP contribution is 2.33. The molecule has 1 aromatic carbocycles. The summed E-state index contributed by atoms with van der Waals surface area (Å²) in [6.07, 6.45) is 4.14. The first kappa shape index (κ1) is 21.9. The molecule has 0 saturated carbocycles. The summed E-state index contributed by atoms with van der Waals surface area (Å²) < 4.78 is 16.6. The Labute approximate surface area is 179 Å². The zero-order valence-electron chi connectivity index (χ0n) is 18.2. The summed E-state index contributed by atoms with van der Waals surface area (Å²) in [7, 11) is 1.44. The number of rotatable bonds is 11. The zero-order chi connectivity index (χ0) is 21.3. The Morgan fingerprint density at radius 1 is 1.00 bits per heavy atom. The number of benzene rings is 1. The van der Waals surface area contributed by atoms with E-state index in [9.17, 15) is 4.79 Å². The molecule has 2 aromatic rings. The Morgan fingerprint density at radius 3 is 2.30 bits per heavy atom. The molecule has 0 atom stereocenters. The molecule has 0 aliphatic carbocycles. The molecule has 1 aliphatic rings. The molecule has 3 rings (SSSR count). The molecule has 2 heterocycles. The number of carbonyl (C=O) groups excluding carboxylic acids is 1. The van der Waals surface area contributed by atoms with Gasteiger partial charge in [0.25, 0.3) is 0 Å². The summed E-state index contributed by atoms with van der Waals surface area (Å²) in [5.41, 5.74) is 3.10. The van der Waals surface area contributed by atoms with Gasteiger partial charge in [0.05, 0.1) is 26.2 Å². The number of carbonyl (C=O) groups is 1. The van der Waals surface area contributed by atoms with Gasteiger partial charge in [-0.1, -0.05) is 38.8 Å². The maximum Gasteiger partial charge on any atom is 0.312 e. The lowest BCUT2D eigenvalue weighted by molar-refractivity contribution is -0.146. The lowest BCUT2D eigenvalue weighted by Gasteiger charge is -2.39. The van der Waals surface area contributed by atoms with E-state index in [0.717, 1.165) is 42.5 Å². The largest absolute Gasteiger partial charge is 0.478 e. The van der Waals surface area contributed by atoms with E-state index in [1.54, 1.807) is 0 Å². The number of pyridine rings is 1. The van der Waals surface area contributed by atoms with Crippen LogP contribution >= 0.6 is 0 Å². The standard InChI is InChI=1S/C24H32N2O4/c1-4-6-14-29-22-13-12-21(23(25-22)30-15-7-5-2)18-8-10-20(11-9-18)26-16-19(17-26)24(27)28-3/h8-13,19H,4-7,14-17H2,1-3H3. The van der Waals surface area contributed by atoms with E-state index in [-0.39, 0.29) is 11.9 Å². The van der Waals surface area contributed by atoms with Crippen LogP contribution in [0, 0.1) is 5.92 Å². The monoisotopic (exact) mass is 412 g/mol. The molecule has 6 heteroatoms. The number of ether oxygens (including phenoxy) is 3. The number of esters is 1. The number of methoxy groups -OCH3 is 1. The van der Waals surface area contributed by atoms with Crippen molar-refractivity contribution in [3.8, 4) is 22.9 Å². The molecule has 0 N–H and O–H groups in total. The fourth-order valence-corrected chi connectivity index (χ4v) is 3.32.